The Morgan fingerprint density at radius 3 is 1.23 bits per heavy atom. The Morgan fingerprint density at radius 1 is 0.410 bits per heavy atom. The second kappa shape index (κ2) is 17.3. The minimum absolute atomic E-state index is 0. The van der Waals surface area contributed by atoms with Gasteiger partial charge in [-0.05, 0) is 114 Å². The van der Waals surface area contributed by atoms with Gasteiger partial charge in [0.1, 0.15) is 23.7 Å². The zero-order chi connectivity index (χ0) is 41.7. The standard InChI is InChI=1S/C46H48N12O2.Zn/c1-55(2)23-29(24-56(3)4)59-27-17-19-35-37(21-27)46-52-43(35)50-41-32-14-10-9-13-31(32)39(48-41)47-40-33-15-11-12-16-34(33)42(49-40)51-45-38-22-28(18-20-36(38)44(53-45)54-46)60-30(25-57(5)6)26-58(7)8;/h9-22,29-30H,23-26H2,1-8H3;/q-2;+2. The van der Waals surface area contributed by atoms with E-state index in [-0.39, 0.29) is 31.7 Å². The van der Waals surface area contributed by atoms with Crippen LogP contribution in [0.2, 0.25) is 0 Å². The van der Waals surface area contributed by atoms with Crippen LogP contribution in [0.4, 0.5) is 0 Å². The summed E-state index contributed by atoms with van der Waals surface area (Å²) < 4.78 is 13.3. The Bertz CT molecular complexity index is 2890. The molecule has 15 heteroatoms. The Hall–Kier alpha value is -5.70. The number of hydrogen-bond acceptors (Lipinski definition) is 12. The number of benzene rings is 4. The summed E-state index contributed by atoms with van der Waals surface area (Å²) in [7, 11) is 16.4. The molecule has 8 bridgehead atoms. The van der Waals surface area contributed by atoms with E-state index in [1.807, 2.05) is 84.9 Å². The molecule has 0 radical (unpaired) electrons. The first-order valence-corrected chi connectivity index (χ1v) is 20.1. The number of aromatic nitrogens is 8. The maximum absolute atomic E-state index is 6.64. The van der Waals surface area contributed by atoms with E-state index in [9.17, 15) is 0 Å². The average Bonchev–Trinajstić information content (AvgIpc) is 3.92. The van der Waals surface area contributed by atoms with Gasteiger partial charge < -0.3 is 59.0 Å². The summed E-state index contributed by atoms with van der Waals surface area (Å²) in [5, 5.41) is 3.30. The van der Waals surface area contributed by atoms with E-state index in [1.54, 1.807) is 0 Å². The third kappa shape index (κ3) is 8.75. The van der Waals surface area contributed by atoms with Gasteiger partial charge in [-0.2, -0.15) is 0 Å². The van der Waals surface area contributed by atoms with E-state index in [1.165, 1.54) is 0 Å². The number of nitrogens with zero attached hydrogens (tertiary/aromatic N) is 12. The van der Waals surface area contributed by atoms with Crippen molar-refractivity contribution >= 4 is 44.1 Å². The molecule has 5 heterocycles. The topological polar surface area (TPSA) is 137 Å². The number of rotatable bonds is 12. The summed E-state index contributed by atoms with van der Waals surface area (Å²) in [6.07, 6.45) is -0.150. The first-order chi connectivity index (χ1) is 28.9. The summed E-state index contributed by atoms with van der Waals surface area (Å²) in [4.78, 5) is 49.3. The molecule has 2 aliphatic heterocycles. The molecule has 61 heavy (non-hydrogen) atoms. The first-order valence-electron chi connectivity index (χ1n) is 20.1. The second-order valence-corrected chi connectivity index (χ2v) is 16.5. The van der Waals surface area contributed by atoms with Crippen LogP contribution in [0.1, 0.15) is 0 Å². The van der Waals surface area contributed by atoms with Gasteiger partial charge in [0.25, 0.3) is 0 Å². The summed E-state index contributed by atoms with van der Waals surface area (Å²) >= 11 is 0. The Labute approximate surface area is 367 Å². The van der Waals surface area contributed by atoms with Crippen molar-refractivity contribution in [3.8, 4) is 57.1 Å². The van der Waals surface area contributed by atoms with Crippen molar-refractivity contribution in [2.75, 3.05) is 82.6 Å². The van der Waals surface area contributed by atoms with Crippen LogP contribution >= 0.6 is 0 Å². The van der Waals surface area contributed by atoms with Crippen molar-refractivity contribution in [1.82, 2.24) is 59.5 Å². The first kappa shape index (κ1) is 42.0. The maximum Gasteiger partial charge on any atom is 2.00 e. The summed E-state index contributed by atoms with van der Waals surface area (Å²) in [6.45, 7) is 2.99. The van der Waals surface area contributed by atoms with Crippen LogP contribution in [0.25, 0.3) is 89.7 Å². The Morgan fingerprint density at radius 2 is 0.770 bits per heavy atom. The molecule has 0 saturated carbocycles. The normalized spacial score (nSPS) is 12.3. The smallest absolute Gasteiger partial charge is 0.488 e. The van der Waals surface area contributed by atoms with Gasteiger partial charge in [-0.3, -0.25) is 0 Å². The van der Waals surface area contributed by atoms with Gasteiger partial charge in [0.2, 0.25) is 0 Å². The Kier molecular flexibility index (Phi) is 11.9. The molecule has 0 aliphatic carbocycles. The molecule has 7 aromatic rings. The van der Waals surface area contributed by atoms with Gasteiger partial charge in [-0.15, -0.1) is 0 Å². The SMILES string of the molecule is CN(C)CC(CN(C)C)Oc1ccc2c(c1)-c1nc-2nc2[n-]c(nc3nc(nc4[n-]c(n1)c1ccc(OC(CN(C)C)CN(C)C)cc41)-c1ccccc1-3)c1ccccc21.[Zn+2]. The number of likely N-dealkylation sites (N-methyl/N-ethyl adjacent to an activating group) is 4. The van der Waals surface area contributed by atoms with Crippen molar-refractivity contribution in [1.29, 1.82) is 0 Å². The predicted molar refractivity (Wildman–Crippen MR) is 237 cm³/mol. The molecule has 14 nitrogen and oxygen atoms in total. The molecule has 3 aromatic heterocycles. The van der Waals surface area contributed by atoms with Crippen LogP contribution < -0.4 is 19.4 Å². The van der Waals surface area contributed by atoms with Gasteiger partial charge in [-0.25, -0.2) is 9.97 Å². The zero-order valence-electron chi connectivity index (χ0n) is 36.0. The fourth-order valence-electron chi connectivity index (χ4n) is 7.94. The summed E-state index contributed by atoms with van der Waals surface area (Å²) in [6, 6.07) is 27.9. The molecule has 4 aromatic carbocycles. The van der Waals surface area contributed by atoms with E-state index in [0.717, 1.165) is 70.0 Å². The van der Waals surface area contributed by atoms with Crippen molar-refractivity contribution in [2.24, 2.45) is 0 Å². The molecular formula is C46H48N12O2Zn. The van der Waals surface area contributed by atoms with Crippen LogP contribution in [0.5, 0.6) is 11.5 Å². The molecular weight excluding hydrogens is 818 g/mol. The number of fused-ring (bicyclic) bond motifs is 20. The van der Waals surface area contributed by atoms with Crippen LogP contribution in [-0.4, -0.2) is 144 Å². The maximum atomic E-state index is 6.64. The van der Waals surface area contributed by atoms with Gasteiger partial charge in [-0.1, -0.05) is 48.5 Å². The fourth-order valence-corrected chi connectivity index (χ4v) is 7.94. The molecule has 306 valence electrons. The third-order valence-corrected chi connectivity index (χ3v) is 10.3. The summed E-state index contributed by atoms with van der Waals surface area (Å²) in [5.41, 5.74) is 5.25. The monoisotopic (exact) mass is 864 g/mol. The van der Waals surface area contributed by atoms with Crippen molar-refractivity contribution < 1.29 is 29.0 Å². The fraction of sp³-hybridized carbons (Fsp3) is 0.304. The number of ether oxygens (including phenoxy) is 2. The second-order valence-electron chi connectivity index (χ2n) is 16.5. The van der Waals surface area contributed by atoms with Gasteiger partial charge in [0, 0.05) is 71.0 Å². The molecule has 0 unspecified atom stereocenters. The van der Waals surface area contributed by atoms with E-state index in [0.29, 0.717) is 57.4 Å². The minimum Gasteiger partial charge on any atom is -0.488 e. The molecule has 0 saturated heterocycles. The van der Waals surface area contributed by atoms with Crippen molar-refractivity contribution in [3.63, 3.8) is 0 Å². The molecule has 9 rings (SSSR count). The van der Waals surface area contributed by atoms with E-state index >= 15 is 0 Å². The van der Waals surface area contributed by atoms with E-state index < -0.39 is 0 Å². The summed E-state index contributed by atoms with van der Waals surface area (Å²) in [5.74, 6) is 3.38. The largest absolute Gasteiger partial charge is 2.00 e. The van der Waals surface area contributed by atoms with Crippen LogP contribution in [0, 0.1) is 0 Å². The predicted octanol–water partition coefficient (Wildman–Crippen LogP) is 5.87. The molecule has 0 atom stereocenters. The van der Waals surface area contributed by atoms with Crippen LogP contribution in [-0.2, 0) is 19.5 Å². The Balaban J connectivity index is 0.00000514. The average molecular weight is 866 g/mol. The van der Waals surface area contributed by atoms with Crippen molar-refractivity contribution in [3.05, 3.63) is 84.9 Å². The third-order valence-electron chi connectivity index (χ3n) is 10.3. The van der Waals surface area contributed by atoms with Gasteiger partial charge in [0.15, 0.2) is 0 Å². The van der Waals surface area contributed by atoms with Gasteiger partial charge in [0.05, 0.1) is 23.3 Å². The van der Waals surface area contributed by atoms with E-state index in [4.69, 9.17) is 49.3 Å². The molecule has 2 aliphatic rings. The van der Waals surface area contributed by atoms with Gasteiger partial charge >= 0.3 is 19.5 Å². The minimum atomic E-state index is -0.0750. The molecule has 0 spiro atoms. The van der Waals surface area contributed by atoms with Crippen molar-refractivity contribution in [2.45, 2.75) is 12.2 Å². The number of hydrogen-bond donors (Lipinski definition) is 0. The van der Waals surface area contributed by atoms with E-state index in [2.05, 4.69) is 76.0 Å². The molecule has 0 amide bonds. The van der Waals surface area contributed by atoms with Crippen LogP contribution in [0.15, 0.2) is 84.9 Å². The van der Waals surface area contributed by atoms with Crippen LogP contribution in [0.3, 0.4) is 0 Å². The quantitative estimate of drug-likeness (QED) is 0.136. The zero-order valence-corrected chi connectivity index (χ0v) is 38.9. The molecule has 0 fully saturated rings. The molecule has 0 N–H and O–H groups in total.